The van der Waals surface area contributed by atoms with Crippen molar-refractivity contribution in [2.45, 2.75) is 0 Å². The topological polar surface area (TPSA) is 88.2 Å². The van der Waals surface area contributed by atoms with Crippen molar-refractivity contribution in [1.29, 1.82) is 0 Å². The lowest BCUT2D eigenvalue weighted by atomic mass is 10.1. The number of aromatic nitrogens is 1. The zero-order valence-electron chi connectivity index (χ0n) is 10.3. The first-order chi connectivity index (χ1) is 9.63. The van der Waals surface area contributed by atoms with Gasteiger partial charge >= 0.3 is 0 Å². The van der Waals surface area contributed by atoms with Gasteiger partial charge in [0.1, 0.15) is 5.75 Å². The fourth-order valence-electron chi connectivity index (χ4n) is 1.82. The number of amides is 1. The molecule has 1 heterocycles. The number of nitrogens with two attached hydrogens (primary N) is 1. The Morgan fingerprint density at radius 3 is 2.90 bits per heavy atom. The van der Waals surface area contributed by atoms with Gasteiger partial charge in [-0.3, -0.25) is 4.79 Å². The summed E-state index contributed by atoms with van der Waals surface area (Å²) in [6, 6.07) is 9.91. The third-order valence-corrected chi connectivity index (χ3v) is 3.67. The lowest BCUT2D eigenvalue weighted by molar-refractivity contribution is 0.102. The number of carbonyl (C=O) groups excluding carboxylic acids is 1. The summed E-state index contributed by atoms with van der Waals surface area (Å²) in [5.41, 5.74) is 9.44. The Hall–Kier alpha value is -2.60. The van der Waals surface area contributed by atoms with E-state index >= 15 is 0 Å². The Morgan fingerprint density at radius 1 is 1.25 bits per heavy atom. The molecule has 1 aromatic heterocycles. The second kappa shape index (κ2) is 4.82. The molecule has 3 aromatic rings. The van der Waals surface area contributed by atoms with Crippen molar-refractivity contribution in [3.05, 3.63) is 47.5 Å². The molecule has 4 N–H and O–H groups in total. The number of benzene rings is 2. The molecule has 0 saturated carbocycles. The quantitative estimate of drug-likeness (QED) is 0.499. The van der Waals surface area contributed by atoms with Crippen LogP contribution in [-0.2, 0) is 0 Å². The Balaban J connectivity index is 1.85. The van der Waals surface area contributed by atoms with Crippen molar-refractivity contribution >= 4 is 38.8 Å². The van der Waals surface area contributed by atoms with E-state index in [9.17, 15) is 9.90 Å². The highest BCUT2D eigenvalue weighted by molar-refractivity contribution is 7.16. The molecule has 0 radical (unpaired) electrons. The molecule has 5 nitrogen and oxygen atoms in total. The monoisotopic (exact) mass is 285 g/mol. The molecule has 1 amide bonds. The molecule has 6 heteroatoms. The Bertz CT molecular complexity index is 798. The summed E-state index contributed by atoms with van der Waals surface area (Å²) in [5.74, 6) is -0.403. The molecule has 0 aliphatic heterocycles. The second-order valence-corrected chi connectivity index (χ2v) is 5.15. The average Bonchev–Trinajstić information content (AvgIpc) is 2.89. The van der Waals surface area contributed by atoms with Crippen LogP contribution in [0.25, 0.3) is 10.2 Å². The first-order valence-corrected chi connectivity index (χ1v) is 6.74. The van der Waals surface area contributed by atoms with Crippen LogP contribution in [0.1, 0.15) is 10.4 Å². The van der Waals surface area contributed by atoms with E-state index in [1.54, 1.807) is 17.6 Å². The molecular formula is C14H11N3O2S. The minimum absolute atomic E-state index is 0.101. The van der Waals surface area contributed by atoms with E-state index in [2.05, 4.69) is 10.3 Å². The predicted molar refractivity (Wildman–Crippen MR) is 80.1 cm³/mol. The first-order valence-electron chi connectivity index (χ1n) is 5.86. The lowest BCUT2D eigenvalue weighted by Crippen LogP contribution is -2.11. The van der Waals surface area contributed by atoms with Gasteiger partial charge in [0.25, 0.3) is 5.91 Å². The highest BCUT2D eigenvalue weighted by atomic mass is 32.1. The van der Waals surface area contributed by atoms with Gasteiger partial charge in [0.05, 0.1) is 21.4 Å². The van der Waals surface area contributed by atoms with Crippen LogP contribution in [0.3, 0.4) is 0 Å². The molecule has 0 fully saturated rings. The highest BCUT2D eigenvalue weighted by Crippen LogP contribution is 2.24. The van der Waals surface area contributed by atoms with Crippen LogP contribution in [0, 0.1) is 0 Å². The van der Waals surface area contributed by atoms with Crippen molar-refractivity contribution < 1.29 is 9.90 Å². The minimum atomic E-state index is -0.302. The average molecular weight is 285 g/mol. The molecule has 20 heavy (non-hydrogen) atoms. The van der Waals surface area contributed by atoms with E-state index < -0.39 is 0 Å². The normalized spacial score (nSPS) is 10.6. The third kappa shape index (κ3) is 2.28. The largest absolute Gasteiger partial charge is 0.506 e. The standard InChI is InChI=1S/C14H11N3O2S/c15-10-3-1-8(5-12(10)18)14(19)17-9-2-4-11-13(6-9)20-7-16-11/h1-7,18H,15H2,(H,17,19). The van der Waals surface area contributed by atoms with Crippen LogP contribution in [0.5, 0.6) is 5.75 Å². The van der Waals surface area contributed by atoms with Gasteiger partial charge in [-0.2, -0.15) is 0 Å². The first kappa shape index (κ1) is 12.4. The summed E-state index contributed by atoms with van der Waals surface area (Å²) in [6.45, 7) is 0. The van der Waals surface area contributed by atoms with Crippen molar-refractivity contribution in [2.24, 2.45) is 0 Å². The van der Waals surface area contributed by atoms with Gasteiger partial charge < -0.3 is 16.2 Å². The van der Waals surface area contributed by atoms with Crippen molar-refractivity contribution in [2.75, 3.05) is 11.1 Å². The van der Waals surface area contributed by atoms with Crippen molar-refractivity contribution in [3.8, 4) is 5.75 Å². The number of aromatic hydroxyl groups is 1. The minimum Gasteiger partial charge on any atom is -0.506 e. The Morgan fingerprint density at radius 2 is 2.10 bits per heavy atom. The predicted octanol–water partition coefficient (Wildman–Crippen LogP) is 2.84. The van der Waals surface area contributed by atoms with Crippen LogP contribution in [0.15, 0.2) is 41.9 Å². The van der Waals surface area contributed by atoms with Gasteiger partial charge in [-0.25, -0.2) is 4.98 Å². The molecule has 0 bridgehead atoms. The van der Waals surface area contributed by atoms with Crippen molar-refractivity contribution in [3.63, 3.8) is 0 Å². The smallest absolute Gasteiger partial charge is 0.255 e. The van der Waals surface area contributed by atoms with Gasteiger partial charge in [-0.15, -0.1) is 11.3 Å². The SMILES string of the molecule is Nc1ccc(C(=O)Nc2ccc3ncsc3c2)cc1O. The molecule has 0 aliphatic rings. The van der Waals surface area contributed by atoms with E-state index in [4.69, 9.17) is 5.73 Å². The number of phenols is 1. The maximum atomic E-state index is 12.1. The molecule has 3 rings (SSSR count). The van der Waals surface area contributed by atoms with E-state index in [-0.39, 0.29) is 17.3 Å². The summed E-state index contributed by atoms with van der Waals surface area (Å²) in [6.07, 6.45) is 0. The molecule has 0 unspecified atom stereocenters. The maximum absolute atomic E-state index is 12.1. The van der Waals surface area contributed by atoms with Crippen LogP contribution < -0.4 is 11.1 Å². The van der Waals surface area contributed by atoms with Gasteiger partial charge in [0.2, 0.25) is 0 Å². The fraction of sp³-hybridized carbons (Fsp3) is 0. The number of nitrogen functional groups attached to an aromatic ring is 1. The molecular weight excluding hydrogens is 274 g/mol. The Labute approximate surface area is 118 Å². The number of nitrogens with zero attached hydrogens (tertiary/aromatic N) is 1. The second-order valence-electron chi connectivity index (χ2n) is 4.26. The number of thiazole rings is 1. The van der Waals surface area contributed by atoms with E-state index in [1.807, 2.05) is 12.1 Å². The number of anilines is 2. The lowest BCUT2D eigenvalue weighted by Gasteiger charge is -2.06. The number of carbonyl (C=O) groups is 1. The van der Waals surface area contributed by atoms with Gasteiger partial charge in [0, 0.05) is 11.3 Å². The summed E-state index contributed by atoms with van der Waals surface area (Å²) < 4.78 is 1.00. The summed E-state index contributed by atoms with van der Waals surface area (Å²) in [4.78, 5) is 16.3. The molecule has 0 saturated heterocycles. The summed E-state index contributed by atoms with van der Waals surface area (Å²) >= 11 is 1.51. The van der Waals surface area contributed by atoms with Gasteiger partial charge in [-0.1, -0.05) is 0 Å². The molecule has 0 spiro atoms. The third-order valence-electron chi connectivity index (χ3n) is 2.88. The zero-order valence-corrected chi connectivity index (χ0v) is 11.1. The molecule has 0 aliphatic carbocycles. The number of nitrogens with one attached hydrogen (secondary N) is 1. The van der Waals surface area contributed by atoms with Gasteiger partial charge in [0.15, 0.2) is 0 Å². The highest BCUT2D eigenvalue weighted by Gasteiger charge is 2.09. The molecule has 100 valence electrons. The van der Waals surface area contributed by atoms with Crippen LogP contribution in [0.4, 0.5) is 11.4 Å². The van der Waals surface area contributed by atoms with Gasteiger partial charge in [-0.05, 0) is 36.4 Å². The maximum Gasteiger partial charge on any atom is 0.255 e. The van der Waals surface area contributed by atoms with E-state index in [0.29, 0.717) is 11.3 Å². The zero-order chi connectivity index (χ0) is 14.1. The van der Waals surface area contributed by atoms with Crippen LogP contribution in [0.2, 0.25) is 0 Å². The number of hydrogen-bond acceptors (Lipinski definition) is 5. The Kier molecular flexibility index (Phi) is 3.00. The van der Waals surface area contributed by atoms with E-state index in [0.717, 1.165) is 10.2 Å². The number of fused-ring (bicyclic) bond motifs is 1. The number of phenolic OH excluding ortho intramolecular Hbond substituents is 1. The summed E-state index contributed by atoms with van der Waals surface area (Å²) in [5, 5.41) is 12.3. The molecule has 0 atom stereocenters. The van der Waals surface area contributed by atoms with Crippen LogP contribution >= 0.6 is 11.3 Å². The van der Waals surface area contributed by atoms with Crippen LogP contribution in [-0.4, -0.2) is 16.0 Å². The molecule has 2 aromatic carbocycles. The van der Waals surface area contributed by atoms with Crippen molar-refractivity contribution in [1.82, 2.24) is 4.98 Å². The number of hydrogen-bond donors (Lipinski definition) is 3. The fourth-order valence-corrected chi connectivity index (χ4v) is 2.54. The van der Waals surface area contributed by atoms with E-state index in [1.165, 1.54) is 23.5 Å². The summed E-state index contributed by atoms with van der Waals surface area (Å²) in [7, 11) is 0. The number of rotatable bonds is 2.